The average molecular weight is 1650 g/mol. The summed E-state index contributed by atoms with van der Waals surface area (Å²) < 4.78 is 51.6. The van der Waals surface area contributed by atoms with E-state index in [0.29, 0.717) is 66.8 Å². The van der Waals surface area contributed by atoms with Gasteiger partial charge in [-0.25, -0.2) is 61.9 Å². The van der Waals surface area contributed by atoms with E-state index in [-0.39, 0.29) is 78.1 Å². The van der Waals surface area contributed by atoms with Crippen LogP contribution in [0, 0.1) is 31.3 Å². The summed E-state index contributed by atoms with van der Waals surface area (Å²) >= 11 is 0. The van der Waals surface area contributed by atoms with Crippen molar-refractivity contribution < 1.29 is 47.0 Å². The molecule has 0 saturated carbocycles. The number of hydrogen-bond acceptors (Lipinski definition) is 21. The summed E-state index contributed by atoms with van der Waals surface area (Å²) in [6.07, 6.45) is 28.8. The van der Waals surface area contributed by atoms with Crippen molar-refractivity contribution in [3.05, 3.63) is 290 Å². The molecular formula is C85H78F3N27O7. The first-order chi connectivity index (χ1) is 59.1. The number of aliphatic carboxylic acids is 1. The zero-order valence-corrected chi connectivity index (χ0v) is 65.6. The molecule has 37 heteroatoms. The fourth-order valence-corrected chi connectivity index (χ4v) is 15.4. The molecule has 12 aromatic heterocycles. The summed E-state index contributed by atoms with van der Waals surface area (Å²) in [7, 11) is 0. The molecule has 5 amide bonds. The average Bonchev–Trinajstić information content (AvgIpc) is 1.63. The Bertz CT molecular complexity index is 6400. The molecule has 616 valence electrons. The van der Waals surface area contributed by atoms with Crippen LogP contribution in [0.2, 0.25) is 0 Å². The molecule has 7 N–H and O–H groups in total. The molecule has 4 aromatic carbocycles. The maximum Gasteiger partial charge on any atom is 0.331 e. The van der Waals surface area contributed by atoms with E-state index in [2.05, 4.69) is 91.9 Å². The third-order valence-corrected chi connectivity index (χ3v) is 21.7. The number of aryl methyl sites for hydroxylation is 2. The fraction of sp³-hybridized carbons (Fsp3) is 0.212. The van der Waals surface area contributed by atoms with Gasteiger partial charge in [-0.1, -0.05) is 11.6 Å². The first kappa shape index (κ1) is 78.8. The molecule has 4 aliphatic heterocycles. The topological polar surface area (TPSA) is 384 Å². The summed E-state index contributed by atoms with van der Waals surface area (Å²) in [5.74, 6) is -1.08. The van der Waals surface area contributed by atoms with Crippen LogP contribution in [0.5, 0.6) is 0 Å². The van der Waals surface area contributed by atoms with Gasteiger partial charge in [-0.2, -0.15) is 15.3 Å². The SMILES string of the molecule is Cc1ccc2nc(C(=O)N[C@H]3CCN(c4nccn5cnnc45)C3)ncc2c1.Cc1cn2cccc2c(N2CC[C@H](NC(=O)c3ccn(-c4ccc(F)cc4)n3)C2)n1.NC(=O)C1(NC(=O)c2ccn(-c3ccc(F)cc3)n2)CCN(c2nccn3cccc23)C1.O=C(NC1(C(=O)O)CCN(c2nccn3cccc23)C1)c1ccn(-c2ccc(F)cc2)n1. The zero-order valence-electron chi connectivity index (χ0n) is 65.6. The minimum atomic E-state index is -1.47. The number of halogens is 3. The summed E-state index contributed by atoms with van der Waals surface area (Å²) in [6.45, 7) is 8.15. The number of anilines is 4. The zero-order chi connectivity index (χ0) is 84.3. The summed E-state index contributed by atoms with van der Waals surface area (Å²) in [5, 5.41) is 43.3. The third-order valence-electron chi connectivity index (χ3n) is 21.7. The number of primary amides is 1. The van der Waals surface area contributed by atoms with Crippen LogP contribution in [0.15, 0.2) is 239 Å². The second-order valence-corrected chi connectivity index (χ2v) is 29.9. The smallest absolute Gasteiger partial charge is 0.331 e. The van der Waals surface area contributed by atoms with Gasteiger partial charge in [0.1, 0.15) is 29.3 Å². The molecule has 0 aliphatic carbocycles. The van der Waals surface area contributed by atoms with Crippen LogP contribution in [-0.4, -0.2) is 203 Å². The molecule has 0 radical (unpaired) electrons. The van der Waals surface area contributed by atoms with Gasteiger partial charge in [0.2, 0.25) is 17.4 Å². The van der Waals surface area contributed by atoms with Gasteiger partial charge >= 0.3 is 5.97 Å². The fourth-order valence-electron chi connectivity index (χ4n) is 15.4. The Balaban J connectivity index is 0.000000116. The van der Waals surface area contributed by atoms with Crippen molar-refractivity contribution >= 4 is 91.9 Å². The summed E-state index contributed by atoms with van der Waals surface area (Å²) in [6, 6.07) is 39.7. The number of nitrogens with one attached hydrogen (secondary N) is 4. The van der Waals surface area contributed by atoms with Gasteiger partial charge in [0.05, 0.1) is 57.9 Å². The van der Waals surface area contributed by atoms with Crippen molar-refractivity contribution in [2.24, 2.45) is 5.73 Å². The summed E-state index contributed by atoms with van der Waals surface area (Å²) in [4.78, 5) is 111. The van der Waals surface area contributed by atoms with Gasteiger partial charge in [0.15, 0.2) is 45.9 Å². The molecule has 0 spiro atoms. The maximum atomic E-state index is 13.2. The monoisotopic (exact) mass is 1650 g/mol. The summed E-state index contributed by atoms with van der Waals surface area (Å²) in [5.41, 5.74) is 11.8. The lowest BCUT2D eigenvalue weighted by Crippen LogP contribution is -2.59. The second-order valence-electron chi connectivity index (χ2n) is 29.9. The van der Waals surface area contributed by atoms with E-state index in [1.165, 1.54) is 70.0 Å². The maximum absolute atomic E-state index is 13.2. The standard InChI is InChI=1S/C22H20FN7O2.C22H19FN6O3.C22H21FN6O.C19H18N8O/c23-15-3-5-16(6-4-15)30-11-7-17(27-30)20(31)26-22(21(24)32)8-12-29(14-22)19-18-2-1-10-28(18)13-9-25-19;23-15-3-5-16(6-4-15)29-11-7-17(26-29)20(30)25-22(21(31)32)8-12-28(14-22)19-18-2-1-10-27(18)13-9-24-19;1-15-13-27-10-2-3-20(27)21(24-15)28-11-8-17(14-28)25-22(30)19-9-12-29(26-19)18-6-4-16(23)5-7-18;1-12-2-3-15-13(8-12)9-21-16(24-15)19(28)23-14-4-6-26(10-14)17-18-25-22-11-27(18)7-5-20-17/h1-7,9-11,13H,8,12,14H2,(H2,24,32)(H,26,31);1-7,9-11,13H,8,12,14H2,(H,25,30)(H,31,32);2-7,9-10,12-13,17H,8,11,14H2,1H3,(H,25,30);2-3,5,7-9,11,14H,4,6,10H2,1H3,(H,23,28)/t;;17-;14-/m..00/s1. The molecular weight excluding hydrogens is 1570 g/mol. The van der Waals surface area contributed by atoms with Crippen molar-refractivity contribution in [1.29, 1.82) is 0 Å². The van der Waals surface area contributed by atoms with Gasteiger partial charge in [0.25, 0.3) is 23.6 Å². The number of carboxylic acids is 1. The lowest BCUT2D eigenvalue weighted by molar-refractivity contribution is -0.143. The highest BCUT2D eigenvalue weighted by atomic mass is 19.1. The quantitative estimate of drug-likeness (QED) is 0.0502. The van der Waals surface area contributed by atoms with Gasteiger partial charge in [0, 0.05) is 150 Å². The predicted octanol–water partition coefficient (Wildman–Crippen LogP) is 8.01. The molecule has 16 aromatic rings. The Hall–Kier alpha value is -15.7. The number of benzene rings is 4. The number of carbonyl (C=O) groups is 6. The highest BCUT2D eigenvalue weighted by Crippen LogP contribution is 2.33. The first-order valence-electron chi connectivity index (χ1n) is 39.0. The molecule has 20 rings (SSSR count). The van der Waals surface area contributed by atoms with E-state index in [1.54, 1.807) is 84.7 Å². The molecule has 122 heavy (non-hydrogen) atoms. The number of rotatable bonds is 17. The minimum Gasteiger partial charge on any atom is -0.479 e. The van der Waals surface area contributed by atoms with Crippen LogP contribution in [0.1, 0.15) is 79.0 Å². The van der Waals surface area contributed by atoms with E-state index < -0.39 is 34.8 Å². The highest BCUT2D eigenvalue weighted by molar-refractivity contribution is 5.99. The van der Waals surface area contributed by atoms with Crippen molar-refractivity contribution in [2.75, 3.05) is 72.0 Å². The first-order valence-corrected chi connectivity index (χ1v) is 39.0. The minimum absolute atomic E-state index is 0.00482. The van der Waals surface area contributed by atoms with Gasteiger partial charge < -0.3 is 64.9 Å². The molecule has 4 saturated heterocycles. The van der Waals surface area contributed by atoms with Crippen molar-refractivity contribution in [1.82, 2.24) is 108 Å². The van der Waals surface area contributed by atoms with E-state index in [1.807, 2.05) is 129 Å². The van der Waals surface area contributed by atoms with E-state index >= 15 is 0 Å². The molecule has 0 bridgehead atoms. The van der Waals surface area contributed by atoms with Crippen LogP contribution in [0.3, 0.4) is 0 Å². The van der Waals surface area contributed by atoms with E-state index in [9.17, 15) is 47.0 Å². The molecule has 4 atom stereocenters. The van der Waals surface area contributed by atoms with Crippen LogP contribution >= 0.6 is 0 Å². The number of nitrogens with two attached hydrogens (primary N) is 1. The third kappa shape index (κ3) is 16.5. The Morgan fingerprint density at radius 1 is 0.475 bits per heavy atom. The van der Waals surface area contributed by atoms with Gasteiger partial charge in [-0.15, -0.1) is 10.2 Å². The molecule has 16 heterocycles. The molecule has 4 aliphatic rings. The Morgan fingerprint density at radius 3 is 1.48 bits per heavy atom. The van der Waals surface area contributed by atoms with Gasteiger partial charge in [-0.05, 0) is 173 Å². The molecule has 4 fully saturated rings. The van der Waals surface area contributed by atoms with Crippen molar-refractivity contribution in [3.63, 3.8) is 0 Å². The number of hydrogen-bond donors (Lipinski definition) is 6. The largest absolute Gasteiger partial charge is 0.479 e. The second kappa shape index (κ2) is 33.3. The number of carbonyl (C=O) groups excluding carboxylic acids is 5. The van der Waals surface area contributed by atoms with Crippen molar-refractivity contribution in [3.8, 4) is 17.1 Å². The Labute approximate surface area is 691 Å². The predicted molar refractivity (Wildman–Crippen MR) is 443 cm³/mol. The van der Waals surface area contributed by atoms with Crippen LogP contribution in [0.25, 0.3) is 50.2 Å². The number of aromatic nitrogens is 18. The van der Waals surface area contributed by atoms with Crippen molar-refractivity contribution in [2.45, 2.75) is 62.7 Å². The van der Waals surface area contributed by atoms with Crippen LogP contribution in [-0.2, 0) is 9.59 Å². The molecule has 2 unspecified atom stereocenters. The van der Waals surface area contributed by atoms with Gasteiger partial charge in [-0.3, -0.25) is 28.4 Å². The number of amides is 5. The van der Waals surface area contributed by atoms with E-state index in [0.717, 1.165) is 82.1 Å². The highest BCUT2D eigenvalue weighted by Gasteiger charge is 2.48. The lowest BCUT2D eigenvalue weighted by Gasteiger charge is -2.27. The number of nitrogens with zero attached hydrogens (tertiary/aromatic N) is 22. The van der Waals surface area contributed by atoms with Crippen LogP contribution in [0.4, 0.5) is 36.4 Å². The number of carboxylic acid groups (broad SMARTS) is 1. The van der Waals surface area contributed by atoms with Crippen LogP contribution < -0.4 is 46.6 Å². The normalized spacial score (nSPS) is 17.4. The number of fused-ring (bicyclic) bond motifs is 5. The molecule has 34 nitrogen and oxygen atoms in total. The lowest BCUT2D eigenvalue weighted by atomic mass is 9.97. The Kier molecular flexibility index (Phi) is 21.5. The van der Waals surface area contributed by atoms with E-state index in [4.69, 9.17) is 10.7 Å². The Morgan fingerprint density at radius 2 is 0.943 bits per heavy atom.